The molecule has 2 fully saturated rings. The predicted octanol–water partition coefficient (Wildman–Crippen LogP) is 0.597. The van der Waals surface area contributed by atoms with E-state index in [1.165, 1.54) is 11.4 Å². The van der Waals surface area contributed by atoms with E-state index in [1.807, 2.05) is 0 Å². The van der Waals surface area contributed by atoms with Crippen LogP contribution in [0.4, 0.5) is 0 Å². The predicted molar refractivity (Wildman–Crippen MR) is 74.0 cm³/mol. The first kappa shape index (κ1) is 16.2. The maximum atomic E-state index is 12.4. The van der Waals surface area contributed by atoms with Crippen LogP contribution in [0.3, 0.4) is 0 Å². The number of carbonyl (C=O) groups is 2. The van der Waals surface area contributed by atoms with Crippen molar-refractivity contribution in [1.29, 1.82) is 0 Å². The molecule has 0 spiro atoms. The minimum Gasteiger partial charge on any atom is -0.481 e. The first-order valence-electron chi connectivity index (χ1n) is 7.13. The first-order valence-corrected chi connectivity index (χ1v) is 8.74. The summed E-state index contributed by atoms with van der Waals surface area (Å²) in [5, 5.41) is 8.87. The van der Waals surface area contributed by atoms with Crippen molar-refractivity contribution in [1.82, 2.24) is 4.31 Å². The minimum atomic E-state index is -3.49. The van der Waals surface area contributed by atoms with Crippen molar-refractivity contribution in [3.8, 4) is 0 Å². The Morgan fingerprint density at radius 3 is 2.29 bits per heavy atom. The van der Waals surface area contributed by atoms with Crippen LogP contribution < -0.4 is 0 Å². The first-order chi connectivity index (χ1) is 9.83. The molecule has 2 rings (SSSR count). The maximum absolute atomic E-state index is 12.4. The Labute approximate surface area is 124 Å². The Kier molecular flexibility index (Phi) is 4.88. The van der Waals surface area contributed by atoms with Gasteiger partial charge in [0.25, 0.3) is 0 Å². The van der Waals surface area contributed by atoms with E-state index in [1.54, 1.807) is 0 Å². The second kappa shape index (κ2) is 6.31. The van der Waals surface area contributed by atoms with Gasteiger partial charge < -0.3 is 9.84 Å². The highest BCUT2D eigenvalue weighted by molar-refractivity contribution is 7.89. The molecule has 2 bridgehead atoms. The van der Waals surface area contributed by atoms with Gasteiger partial charge in [-0.15, -0.1) is 0 Å². The van der Waals surface area contributed by atoms with E-state index < -0.39 is 22.0 Å². The second-order valence-electron chi connectivity index (χ2n) is 5.79. The summed E-state index contributed by atoms with van der Waals surface area (Å²) in [6.45, 7) is 0. The van der Waals surface area contributed by atoms with Gasteiger partial charge >= 0.3 is 11.9 Å². The Morgan fingerprint density at radius 1 is 1.24 bits per heavy atom. The maximum Gasteiger partial charge on any atom is 0.306 e. The van der Waals surface area contributed by atoms with Gasteiger partial charge in [-0.3, -0.25) is 9.59 Å². The Bertz CT molecular complexity index is 503. The van der Waals surface area contributed by atoms with Crippen molar-refractivity contribution >= 4 is 22.0 Å². The summed E-state index contributed by atoms with van der Waals surface area (Å²) in [6.07, 6.45) is 2.70. The number of ether oxygens (including phenoxy) is 1. The number of methoxy groups -OCH3 is 1. The standard InChI is InChI=1S/C13H21NO6S/c1-20-13(17)4-5-21(18,19)14-10-2-3-11(14)7-9(6-10)8-12(15)16/h9-11H,2-8H2,1H3,(H,15,16). The molecule has 2 heterocycles. The zero-order valence-electron chi connectivity index (χ0n) is 12.0. The van der Waals surface area contributed by atoms with Crippen LogP contribution in [0.15, 0.2) is 0 Å². The lowest BCUT2D eigenvalue weighted by Crippen LogP contribution is -2.47. The van der Waals surface area contributed by atoms with Crippen LogP contribution in [0.25, 0.3) is 0 Å². The number of hydrogen-bond donors (Lipinski definition) is 1. The summed E-state index contributed by atoms with van der Waals surface area (Å²) in [5.41, 5.74) is 0. The molecule has 8 heteroatoms. The molecule has 120 valence electrons. The molecule has 0 radical (unpaired) electrons. The summed E-state index contributed by atoms with van der Waals surface area (Å²) < 4.78 is 30.8. The summed E-state index contributed by atoms with van der Waals surface area (Å²) in [5.74, 6) is -1.56. The molecule has 0 aromatic carbocycles. The topological polar surface area (TPSA) is 101 Å². The third-order valence-corrected chi connectivity index (χ3v) is 6.30. The van der Waals surface area contributed by atoms with Crippen LogP contribution >= 0.6 is 0 Å². The Hall–Kier alpha value is -1.15. The van der Waals surface area contributed by atoms with Gasteiger partial charge in [0.05, 0.1) is 19.3 Å². The van der Waals surface area contributed by atoms with E-state index in [0.717, 1.165) is 12.8 Å². The smallest absolute Gasteiger partial charge is 0.306 e. The molecule has 0 amide bonds. The summed E-state index contributed by atoms with van der Waals surface area (Å²) in [7, 11) is -2.26. The molecule has 1 N–H and O–H groups in total. The average Bonchev–Trinajstić information content (AvgIpc) is 2.69. The highest BCUT2D eigenvalue weighted by Gasteiger charge is 2.46. The molecular weight excluding hydrogens is 298 g/mol. The molecular formula is C13H21NO6S. The van der Waals surface area contributed by atoms with Crippen LogP contribution in [-0.2, 0) is 24.3 Å². The number of sulfonamides is 1. The molecule has 2 aliphatic rings. The molecule has 2 atom stereocenters. The van der Waals surface area contributed by atoms with Crippen molar-refractivity contribution < 1.29 is 27.9 Å². The summed E-state index contributed by atoms with van der Waals surface area (Å²) >= 11 is 0. The van der Waals surface area contributed by atoms with Crippen molar-refractivity contribution in [2.75, 3.05) is 12.9 Å². The fraction of sp³-hybridized carbons (Fsp3) is 0.846. The molecule has 0 aliphatic carbocycles. The fourth-order valence-electron chi connectivity index (χ4n) is 3.53. The van der Waals surface area contributed by atoms with E-state index in [9.17, 15) is 18.0 Å². The van der Waals surface area contributed by atoms with Crippen LogP contribution in [0.2, 0.25) is 0 Å². The molecule has 2 aliphatic heterocycles. The van der Waals surface area contributed by atoms with Crippen LogP contribution in [0.1, 0.15) is 38.5 Å². The van der Waals surface area contributed by atoms with Gasteiger partial charge in [-0.05, 0) is 31.6 Å². The van der Waals surface area contributed by atoms with E-state index >= 15 is 0 Å². The van der Waals surface area contributed by atoms with Gasteiger partial charge in [0.1, 0.15) is 0 Å². The number of piperidine rings is 1. The van der Waals surface area contributed by atoms with Crippen molar-refractivity contribution in [2.45, 2.75) is 50.6 Å². The minimum absolute atomic E-state index is 0.0482. The van der Waals surface area contributed by atoms with E-state index in [4.69, 9.17) is 5.11 Å². The van der Waals surface area contributed by atoms with Crippen LogP contribution in [-0.4, -0.2) is 54.7 Å². The average molecular weight is 319 g/mol. The second-order valence-corrected chi connectivity index (χ2v) is 7.79. The Morgan fingerprint density at radius 2 is 1.81 bits per heavy atom. The fourth-order valence-corrected chi connectivity index (χ4v) is 5.46. The largest absolute Gasteiger partial charge is 0.481 e. The number of aliphatic carboxylic acids is 1. The van der Waals surface area contributed by atoms with Crippen molar-refractivity contribution in [2.24, 2.45) is 5.92 Å². The highest BCUT2D eigenvalue weighted by atomic mass is 32.2. The van der Waals surface area contributed by atoms with Gasteiger partial charge in [0.15, 0.2) is 0 Å². The van der Waals surface area contributed by atoms with E-state index in [2.05, 4.69) is 4.74 Å². The number of carboxylic acid groups (broad SMARTS) is 1. The lowest BCUT2D eigenvalue weighted by molar-refractivity contribution is -0.140. The molecule has 0 aromatic heterocycles. The molecule has 0 aromatic rings. The van der Waals surface area contributed by atoms with Crippen LogP contribution in [0.5, 0.6) is 0 Å². The van der Waals surface area contributed by atoms with Crippen molar-refractivity contribution in [3.63, 3.8) is 0 Å². The van der Waals surface area contributed by atoms with Gasteiger partial charge in [-0.25, -0.2) is 8.42 Å². The number of nitrogens with zero attached hydrogens (tertiary/aromatic N) is 1. The zero-order valence-corrected chi connectivity index (χ0v) is 12.8. The number of hydrogen-bond acceptors (Lipinski definition) is 5. The Balaban J connectivity index is 2.02. The summed E-state index contributed by atoms with van der Waals surface area (Å²) in [4.78, 5) is 21.9. The number of carboxylic acids is 1. The number of rotatable bonds is 6. The molecule has 21 heavy (non-hydrogen) atoms. The summed E-state index contributed by atoms with van der Waals surface area (Å²) in [6, 6.07) is -0.230. The van der Waals surface area contributed by atoms with Gasteiger partial charge in [0, 0.05) is 18.5 Å². The third kappa shape index (κ3) is 3.74. The highest BCUT2D eigenvalue weighted by Crippen LogP contribution is 2.41. The van der Waals surface area contributed by atoms with Gasteiger partial charge in [0.2, 0.25) is 10.0 Å². The van der Waals surface area contributed by atoms with E-state index in [0.29, 0.717) is 12.8 Å². The van der Waals surface area contributed by atoms with Gasteiger partial charge in [-0.1, -0.05) is 0 Å². The number of carbonyl (C=O) groups excluding carboxylic acids is 1. The third-order valence-electron chi connectivity index (χ3n) is 4.34. The number of esters is 1. The van der Waals surface area contributed by atoms with Crippen molar-refractivity contribution in [3.05, 3.63) is 0 Å². The molecule has 7 nitrogen and oxygen atoms in total. The monoisotopic (exact) mass is 319 g/mol. The molecule has 0 saturated carbocycles. The van der Waals surface area contributed by atoms with Crippen LogP contribution in [0, 0.1) is 5.92 Å². The van der Waals surface area contributed by atoms with E-state index in [-0.39, 0.29) is 36.6 Å². The zero-order chi connectivity index (χ0) is 15.6. The quantitative estimate of drug-likeness (QED) is 0.719. The lowest BCUT2D eigenvalue weighted by Gasteiger charge is -2.37. The SMILES string of the molecule is COC(=O)CCS(=O)(=O)N1C2CCC1CC(CC(=O)O)C2. The lowest BCUT2D eigenvalue weighted by atomic mass is 9.90. The normalized spacial score (nSPS) is 29.3. The molecule has 2 saturated heterocycles. The van der Waals surface area contributed by atoms with Gasteiger partial charge in [-0.2, -0.15) is 4.31 Å². The number of fused-ring (bicyclic) bond motifs is 2. The molecule has 2 unspecified atom stereocenters.